The van der Waals surface area contributed by atoms with E-state index in [-0.39, 0.29) is 17.0 Å². The largest absolute Gasteiger partial charge is 0.383 e. The molecule has 2 aromatic carbocycles. The lowest BCUT2D eigenvalue weighted by atomic mass is 10.2. The molecule has 2 nitrogen and oxygen atoms in total. The van der Waals surface area contributed by atoms with Gasteiger partial charge in [-0.2, -0.15) is 0 Å². The highest BCUT2D eigenvalue weighted by atomic mass is 79.9. The fourth-order valence-corrected chi connectivity index (χ4v) is 2.74. The molecule has 1 heterocycles. The summed E-state index contributed by atoms with van der Waals surface area (Å²) < 4.78 is 0. The van der Waals surface area contributed by atoms with Crippen molar-refractivity contribution in [2.75, 3.05) is 0 Å². The van der Waals surface area contributed by atoms with Crippen LogP contribution in [-0.2, 0) is 0 Å². The Hall–Kier alpha value is -1.26. The molecule has 0 aromatic heterocycles. The summed E-state index contributed by atoms with van der Waals surface area (Å²) in [6.07, 6.45) is 0. The SMILES string of the molecule is Br.NC1=Nc2ccccc2Sc2ccccc21. The van der Waals surface area contributed by atoms with Crippen molar-refractivity contribution in [1.82, 2.24) is 0 Å². The molecular weight excluding hydrogens is 296 g/mol. The first-order valence-electron chi connectivity index (χ1n) is 5.05. The van der Waals surface area contributed by atoms with Gasteiger partial charge in [0.25, 0.3) is 0 Å². The molecule has 86 valence electrons. The van der Waals surface area contributed by atoms with Gasteiger partial charge in [-0.15, -0.1) is 17.0 Å². The standard InChI is InChI=1S/C13H10N2S.BrH/c14-13-9-5-1-3-7-11(9)16-12-8-4-2-6-10(12)15-13;/h1-8H,(H2,14,15);1H. The van der Waals surface area contributed by atoms with Gasteiger partial charge in [0.05, 0.1) is 5.69 Å². The van der Waals surface area contributed by atoms with E-state index in [1.807, 2.05) is 36.4 Å². The molecule has 4 heteroatoms. The highest BCUT2D eigenvalue weighted by Gasteiger charge is 2.13. The highest BCUT2D eigenvalue weighted by Crippen LogP contribution is 2.39. The number of para-hydroxylation sites is 1. The topological polar surface area (TPSA) is 38.4 Å². The molecule has 0 spiro atoms. The quantitative estimate of drug-likeness (QED) is 0.804. The Bertz CT molecular complexity index is 581. The fraction of sp³-hybridized carbons (Fsp3) is 0. The normalized spacial score (nSPS) is 12.6. The maximum Gasteiger partial charge on any atom is 0.132 e. The van der Waals surface area contributed by atoms with Crippen molar-refractivity contribution in [2.24, 2.45) is 10.7 Å². The van der Waals surface area contributed by atoms with E-state index in [9.17, 15) is 0 Å². The average molecular weight is 307 g/mol. The first-order chi connectivity index (χ1) is 7.84. The predicted octanol–water partition coefficient (Wildman–Crippen LogP) is 3.77. The number of fused-ring (bicyclic) bond motifs is 2. The van der Waals surface area contributed by atoms with E-state index in [1.165, 1.54) is 0 Å². The van der Waals surface area contributed by atoms with Gasteiger partial charge in [-0.1, -0.05) is 42.1 Å². The summed E-state index contributed by atoms with van der Waals surface area (Å²) in [7, 11) is 0. The number of rotatable bonds is 0. The van der Waals surface area contributed by atoms with Crippen molar-refractivity contribution < 1.29 is 0 Å². The second kappa shape index (κ2) is 4.94. The number of hydrogen-bond acceptors (Lipinski definition) is 3. The van der Waals surface area contributed by atoms with E-state index >= 15 is 0 Å². The lowest BCUT2D eigenvalue weighted by molar-refractivity contribution is 1.37. The molecular formula is C13H11BrN2S. The van der Waals surface area contributed by atoms with E-state index in [0.717, 1.165) is 21.0 Å². The van der Waals surface area contributed by atoms with E-state index in [0.29, 0.717) is 5.84 Å². The van der Waals surface area contributed by atoms with Crippen LogP contribution in [0.2, 0.25) is 0 Å². The first kappa shape index (κ1) is 12.2. The Kier molecular flexibility index (Phi) is 3.54. The fourth-order valence-electron chi connectivity index (χ4n) is 1.71. The monoisotopic (exact) mass is 306 g/mol. The van der Waals surface area contributed by atoms with Crippen LogP contribution in [0.5, 0.6) is 0 Å². The lowest BCUT2D eigenvalue weighted by Gasteiger charge is -2.04. The van der Waals surface area contributed by atoms with E-state index < -0.39 is 0 Å². The minimum atomic E-state index is 0. The number of benzene rings is 2. The Morgan fingerprint density at radius 2 is 1.53 bits per heavy atom. The summed E-state index contributed by atoms with van der Waals surface area (Å²) in [6, 6.07) is 16.1. The summed E-state index contributed by atoms with van der Waals surface area (Å²) in [4.78, 5) is 6.76. The molecule has 0 unspecified atom stereocenters. The summed E-state index contributed by atoms with van der Waals surface area (Å²) >= 11 is 1.71. The summed E-state index contributed by atoms with van der Waals surface area (Å²) in [5.74, 6) is 0.591. The molecule has 0 bridgehead atoms. The number of aliphatic imine (C=N–C) groups is 1. The van der Waals surface area contributed by atoms with Gasteiger partial charge < -0.3 is 5.73 Å². The van der Waals surface area contributed by atoms with Crippen LogP contribution < -0.4 is 5.73 Å². The molecule has 0 aliphatic carbocycles. The van der Waals surface area contributed by atoms with Crippen LogP contribution in [0.15, 0.2) is 63.3 Å². The van der Waals surface area contributed by atoms with Crippen LogP contribution in [0.1, 0.15) is 5.56 Å². The van der Waals surface area contributed by atoms with Gasteiger partial charge >= 0.3 is 0 Å². The van der Waals surface area contributed by atoms with Gasteiger partial charge in [-0.05, 0) is 18.2 Å². The van der Waals surface area contributed by atoms with Crippen molar-refractivity contribution in [3.63, 3.8) is 0 Å². The Morgan fingerprint density at radius 1 is 0.882 bits per heavy atom. The number of halogens is 1. The van der Waals surface area contributed by atoms with Crippen LogP contribution in [0, 0.1) is 0 Å². The third kappa shape index (κ3) is 2.23. The zero-order valence-corrected chi connectivity index (χ0v) is 11.5. The molecule has 0 saturated carbocycles. The smallest absolute Gasteiger partial charge is 0.132 e. The van der Waals surface area contributed by atoms with Crippen molar-refractivity contribution in [3.05, 3.63) is 54.1 Å². The van der Waals surface area contributed by atoms with Crippen LogP contribution in [0.25, 0.3) is 0 Å². The molecule has 0 saturated heterocycles. The zero-order valence-electron chi connectivity index (χ0n) is 8.96. The molecule has 2 aromatic rings. The number of nitrogens with zero attached hydrogens (tertiary/aromatic N) is 1. The molecule has 0 radical (unpaired) electrons. The molecule has 3 rings (SSSR count). The van der Waals surface area contributed by atoms with E-state index in [2.05, 4.69) is 17.1 Å². The van der Waals surface area contributed by atoms with Crippen LogP contribution in [0.3, 0.4) is 0 Å². The van der Waals surface area contributed by atoms with Gasteiger partial charge in [-0.3, -0.25) is 0 Å². The van der Waals surface area contributed by atoms with Gasteiger partial charge in [-0.25, -0.2) is 4.99 Å². The van der Waals surface area contributed by atoms with Crippen LogP contribution >= 0.6 is 28.7 Å². The minimum absolute atomic E-state index is 0. The van der Waals surface area contributed by atoms with E-state index in [4.69, 9.17) is 5.73 Å². The highest BCUT2D eigenvalue weighted by molar-refractivity contribution is 8.93. The van der Waals surface area contributed by atoms with Crippen molar-refractivity contribution >= 4 is 40.3 Å². The maximum atomic E-state index is 6.00. The number of amidine groups is 1. The lowest BCUT2D eigenvalue weighted by Crippen LogP contribution is -2.12. The van der Waals surface area contributed by atoms with Crippen LogP contribution in [-0.4, -0.2) is 5.84 Å². The first-order valence-corrected chi connectivity index (χ1v) is 5.87. The summed E-state index contributed by atoms with van der Waals surface area (Å²) in [5, 5.41) is 0. The predicted molar refractivity (Wildman–Crippen MR) is 77.7 cm³/mol. The van der Waals surface area contributed by atoms with Crippen molar-refractivity contribution in [3.8, 4) is 0 Å². The van der Waals surface area contributed by atoms with Crippen molar-refractivity contribution in [2.45, 2.75) is 9.79 Å². The van der Waals surface area contributed by atoms with Crippen molar-refractivity contribution in [1.29, 1.82) is 0 Å². The Morgan fingerprint density at radius 3 is 2.35 bits per heavy atom. The molecule has 2 N–H and O–H groups in total. The summed E-state index contributed by atoms with van der Waals surface area (Å²) in [6.45, 7) is 0. The Labute approximate surface area is 115 Å². The minimum Gasteiger partial charge on any atom is -0.383 e. The maximum absolute atomic E-state index is 6.00. The van der Waals surface area contributed by atoms with Gasteiger partial charge in [0.2, 0.25) is 0 Å². The van der Waals surface area contributed by atoms with E-state index in [1.54, 1.807) is 11.8 Å². The van der Waals surface area contributed by atoms with Gasteiger partial charge in [0.15, 0.2) is 0 Å². The second-order valence-corrected chi connectivity index (χ2v) is 4.65. The third-order valence-corrected chi connectivity index (χ3v) is 3.63. The zero-order chi connectivity index (χ0) is 11.0. The molecule has 0 fully saturated rings. The average Bonchev–Trinajstić information content (AvgIpc) is 2.45. The molecule has 0 atom stereocenters. The second-order valence-electron chi connectivity index (χ2n) is 3.56. The van der Waals surface area contributed by atoms with Gasteiger partial charge in [0, 0.05) is 15.4 Å². The molecule has 1 aliphatic rings. The molecule has 0 amide bonds. The summed E-state index contributed by atoms with van der Waals surface area (Å²) in [5.41, 5.74) is 7.96. The number of hydrogen-bond donors (Lipinski definition) is 1. The molecule has 17 heavy (non-hydrogen) atoms. The molecule has 1 aliphatic heterocycles. The van der Waals surface area contributed by atoms with Gasteiger partial charge in [0.1, 0.15) is 5.84 Å². The Balaban J connectivity index is 0.00000108. The third-order valence-electron chi connectivity index (χ3n) is 2.49. The van der Waals surface area contributed by atoms with Crippen LogP contribution in [0.4, 0.5) is 5.69 Å². The number of nitrogens with two attached hydrogens (primary N) is 1.